The lowest BCUT2D eigenvalue weighted by atomic mass is 10.0. The van der Waals surface area contributed by atoms with Gasteiger partial charge in [0.05, 0.1) is 23.7 Å². The summed E-state index contributed by atoms with van der Waals surface area (Å²) in [7, 11) is 0. The normalized spacial score (nSPS) is 18.6. The zero-order valence-corrected chi connectivity index (χ0v) is 17.5. The minimum Gasteiger partial charge on any atom is -0.373 e. The third-order valence-electron chi connectivity index (χ3n) is 6.34. The van der Waals surface area contributed by atoms with Crippen molar-refractivity contribution < 1.29 is 18.7 Å². The van der Waals surface area contributed by atoms with E-state index in [1.54, 1.807) is 25.3 Å². The highest BCUT2D eigenvalue weighted by Crippen LogP contribution is 2.37. The first-order valence-electron chi connectivity index (χ1n) is 11.0. The number of hydrogen-bond acceptors (Lipinski definition) is 4. The number of carbonyl (C=O) groups excluding carboxylic acids is 2. The summed E-state index contributed by atoms with van der Waals surface area (Å²) >= 11 is 0. The molecule has 5 rings (SSSR count). The highest BCUT2D eigenvalue weighted by Gasteiger charge is 2.30. The van der Waals surface area contributed by atoms with Crippen molar-refractivity contribution in [1.29, 1.82) is 0 Å². The number of aromatic nitrogens is 2. The number of fused-ring (bicyclic) bond motifs is 1. The van der Waals surface area contributed by atoms with Gasteiger partial charge in [0, 0.05) is 52.9 Å². The van der Waals surface area contributed by atoms with E-state index in [2.05, 4.69) is 9.97 Å². The molecule has 1 aromatic carbocycles. The van der Waals surface area contributed by atoms with Gasteiger partial charge in [0.15, 0.2) is 5.78 Å². The largest absolute Gasteiger partial charge is 0.373 e. The summed E-state index contributed by atoms with van der Waals surface area (Å²) in [4.78, 5) is 32.7. The first kappa shape index (κ1) is 20.1. The van der Waals surface area contributed by atoms with Crippen LogP contribution < -0.4 is 0 Å². The zero-order valence-electron chi connectivity index (χ0n) is 17.5. The summed E-state index contributed by atoms with van der Waals surface area (Å²) in [5.74, 6) is -0.0422. The number of H-pyrrole nitrogens is 1. The predicted octanol–water partition coefficient (Wildman–Crippen LogP) is 5.33. The average Bonchev–Trinajstić information content (AvgIpc) is 3.30. The van der Waals surface area contributed by atoms with E-state index in [0.717, 1.165) is 25.7 Å². The van der Waals surface area contributed by atoms with Crippen LogP contribution in [0.4, 0.5) is 4.39 Å². The molecule has 3 aromatic rings. The molecule has 0 radical (unpaired) electrons. The number of carbonyl (C=O) groups is 2. The summed E-state index contributed by atoms with van der Waals surface area (Å²) in [5.41, 5.74) is 3.31. The van der Waals surface area contributed by atoms with Crippen LogP contribution in [0.15, 0.2) is 30.5 Å². The predicted molar refractivity (Wildman–Crippen MR) is 115 cm³/mol. The molecule has 1 aliphatic carbocycles. The molecule has 0 bridgehead atoms. The van der Waals surface area contributed by atoms with Crippen LogP contribution in [0.1, 0.15) is 66.7 Å². The first-order valence-corrected chi connectivity index (χ1v) is 11.0. The second-order valence-electron chi connectivity index (χ2n) is 8.49. The Balaban J connectivity index is 1.62. The molecule has 5 nitrogen and oxygen atoms in total. The third kappa shape index (κ3) is 3.69. The van der Waals surface area contributed by atoms with Crippen molar-refractivity contribution in [3.8, 4) is 11.3 Å². The fourth-order valence-electron chi connectivity index (χ4n) is 4.41. The molecule has 1 saturated carbocycles. The highest BCUT2D eigenvalue weighted by molar-refractivity contribution is 6.09. The molecular formula is C25H25FN2O3. The van der Waals surface area contributed by atoms with Crippen molar-refractivity contribution >= 4 is 22.5 Å². The van der Waals surface area contributed by atoms with Crippen LogP contribution in [-0.2, 0) is 16.0 Å². The van der Waals surface area contributed by atoms with Crippen LogP contribution >= 0.6 is 0 Å². The Morgan fingerprint density at radius 1 is 1.26 bits per heavy atom. The summed E-state index contributed by atoms with van der Waals surface area (Å²) in [5, 5.41) is 0.692. The van der Waals surface area contributed by atoms with Crippen molar-refractivity contribution in [3.63, 3.8) is 0 Å². The van der Waals surface area contributed by atoms with Gasteiger partial charge in [0.2, 0.25) is 0 Å². The Hall–Kier alpha value is -2.86. The molecule has 1 aliphatic heterocycles. The number of benzene rings is 1. The highest BCUT2D eigenvalue weighted by atomic mass is 19.1. The smallest absolute Gasteiger partial charge is 0.164 e. The lowest BCUT2D eigenvalue weighted by Gasteiger charge is -2.13. The minimum absolute atomic E-state index is 0.0308. The van der Waals surface area contributed by atoms with Crippen LogP contribution in [0.5, 0.6) is 0 Å². The molecule has 31 heavy (non-hydrogen) atoms. The van der Waals surface area contributed by atoms with Crippen molar-refractivity contribution in [3.05, 3.63) is 53.1 Å². The van der Waals surface area contributed by atoms with Gasteiger partial charge in [0.1, 0.15) is 11.6 Å². The van der Waals surface area contributed by atoms with Gasteiger partial charge in [-0.05, 0) is 37.8 Å². The zero-order chi connectivity index (χ0) is 21.5. The lowest BCUT2D eigenvalue weighted by Crippen LogP contribution is -2.08. The van der Waals surface area contributed by atoms with Gasteiger partial charge in [-0.2, -0.15) is 0 Å². The number of aromatic amines is 1. The van der Waals surface area contributed by atoms with Gasteiger partial charge < -0.3 is 9.72 Å². The molecule has 160 valence electrons. The monoisotopic (exact) mass is 420 g/mol. The van der Waals surface area contributed by atoms with E-state index in [9.17, 15) is 9.59 Å². The molecule has 1 atom stereocenters. The third-order valence-corrected chi connectivity index (χ3v) is 6.34. The second-order valence-corrected chi connectivity index (χ2v) is 8.49. The van der Waals surface area contributed by atoms with Crippen LogP contribution in [0.2, 0.25) is 0 Å². The Kier molecular flexibility index (Phi) is 5.18. The van der Waals surface area contributed by atoms with E-state index in [1.807, 2.05) is 12.1 Å². The topological polar surface area (TPSA) is 72.0 Å². The van der Waals surface area contributed by atoms with Gasteiger partial charge in [-0.1, -0.05) is 19.1 Å². The van der Waals surface area contributed by atoms with Gasteiger partial charge in [0.25, 0.3) is 0 Å². The standard InChI is InChI=1S/C25H25FN2O3/c1-2-21(29)18-13-27-20(12-22(30)14-8-9-14)25-17(18)11-19(28-25)15-5-3-6-16(24(15)26)23-7-4-10-31-23/h3,5-6,11,13-14,23,28H,2,4,7-10,12H2,1H3. The van der Waals surface area contributed by atoms with Gasteiger partial charge in [-0.25, -0.2) is 4.39 Å². The maximum absolute atomic E-state index is 15.5. The molecule has 1 unspecified atom stereocenters. The maximum Gasteiger partial charge on any atom is 0.164 e. The van der Waals surface area contributed by atoms with E-state index < -0.39 is 0 Å². The Morgan fingerprint density at radius 3 is 2.81 bits per heavy atom. The van der Waals surface area contributed by atoms with E-state index >= 15 is 4.39 Å². The van der Waals surface area contributed by atoms with Gasteiger partial charge in [-0.15, -0.1) is 0 Å². The minimum atomic E-state index is -0.312. The maximum atomic E-state index is 15.5. The van der Waals surface area contributed by atoms with Crippen LogP contribution in [0, 0.1) is 11.7 Å². The first-order chi connectivity index (χ1) is 15.1. The molecule has 1 N–H and O–H groups in total. The molecule has 2 fully saturated rings. The van der Waals surface area contributed by atoms with E-state index in [0.29, 0.717) is 52.0 Å². The van der Waals surface area contributed by atoms with Crippen molar-refractivity contribution in [2.75, 3.05) is 6.61 Å². The van der Waals surface area contributed by atoms with E-state index in [1.165, 1.54) is 0 Å². The summed E-state index contributed by atoms with van der Waals surface area (Å²) in [6.45, 7) is 2.45. The van der Waals surface area contributed by atoms with Crippen molar-refractivity contribution in [1.82, 2.24) is 9.97 Å². The molecule has 0 amide bonds. The van der Waals surface area contributed by atoms with Crippen molar-refractivity contribution in [2.24, 2.45) is 5.92 Å². The van der Waals surface area contributed by atoms with E-state index in [-0.39, 0.29) is 35.8 Å². The van der Waals surface area contributed by atoms with Gasteiger partial charge in [-0.3, -0.25) is 14.6 Å². The molecule has 3 heterocycles. The number of rotatable bonds is 7. The number of halogens is 1. The van der Waals surface area contributed by atoms with E-state index in [4.69, 9.17) is 4.74 Å². The summed E-state index contributed by atoms with van der Waals surface area (Å²) in [6.07, 6.45) is 5.50. The Bertz CT molecular complexity index is 1170. The van der Waals surface area contributed by atoms with Crippen LogP contribution in [0.3, 0.4) is 0 Å². The lowest BCUT2D eigenvalue weighted by molar-refractivity contribution is -0.119. The Morgan fingerprint density at radius 2 is 2.10 bits per heavy atom. The number of ketones is 2. The number of Topliss-reactive ketones (excluding diaryl/α,β-unsaturated/α-hetero) is 2. The number of nitrogens with zero attached hydrogens (tertiary/aromatic N) is 1. The SMILES string of the molecule is CCC(=O)c1cnc(CC(=O)C2CC2)c2[nH]c(-c3cccc(C4CCCO4)c3F)cc12. The van der Waals surface area contributed by atoms with Crippen LogP contribution in [0.25, 0.3) is 22.2 Å². The molecule has 0 spiro atoms. The average molecular weight is 420 g/mol. The number of pyridine rings is 1. The number of nitrogens with one attached hydrogen (secondary N) is 1. The fraction of sp³-hybridized carbons (Fsp3) is 0.400. The van der Waals surface area contributed by atoms with Gasteiger partial charge >= 0.3 is 0 Å². The molecule has 1 saturated heterocycles. The Labute approximate surface area is 180 Å². The van der Waals surface area contributed by atoms with Crippen molar-refractivity contribution in [2.45, 2.75) is 51.6 Å². The summed E-state index contributed by atoms with van der Waals surface area (Å²) in [6, 6.07) is 7.13. The van der Waals surface area contributed by atoms with Crippen LogP contribution in [-0.4, -0.2) is 28.1 Å². The summed E-state index contributed by atoms with van der Waals surface area (Å²) < 4.78 is 21.1. The fourth-order valence-corrected chi connectivity index (χ4v) is 4.41. The quantitative estimate of drug-likeness (QED) is 0.524. The second kappa shape index (κ2) is 8.00. The molecule has 2 aromatic heterocycles. The molecular weight excluding hydrogens is 395 g/mol. The number of ether oxygens (including phenoxy) is 1. The molecule has 2 aliphatic rings. The number of hydrogen-bond donors (Lipinski definition) is 1. The molecule has 6 heteroatoms.